The van der Waals surface area contributed by atoms with Crippen molar-refractivity contribution in [1.82, 2.24) is 14.6 Å². The van der Waals surface area contributed by atoms with E-state index in [0.717, 1.165) is 5.56 Å². The Morgan fingerprint density at radius 1 is 1.33 bits per heavy atom. The van der Waals surface area contributed by atoms with Crippen molar-refractivity contribution in [2.75, 3.05) is 5.32 Å². The molecule has 0 bridgehead atoms. The highest BCUT2D eigenvalue weighted by molar-refractivity contribution is 6.33. The van der Waals surface area contributed by atoms with Crippen molar-refractivity contribution in [3.63, 3.8) is 0 Å². The quantitative estimate of drug-likeness (QED) is 0.671. The van der Waals surface area contributed by atoms with Crippen LogP contribution in [0.4, 0.5) is 10.2 Å². The molecule has 0 radical (unpaired) electrons. The largest absolute Gasteiger partial charge is 0.366 e. The molecule has 0 aliphatic heterocycles. The molecule has 5 nitrogen and oxygen atoms in total. The molecule has 1 atom stereocenters. The topological polar surface area (TPSA) is 66.0 Å². The first-order valence-corrected chi connectivity index (χ1v) is 9.01. The molecule has 27 heavy (non-hydrogen) atoms. The first kappa shape index (κ1) is 19.1. The molecule has 0 saturated heterocycles. The summed E-state index contributed by atoms with van der Waals surface area (Å²) >= 11 is 6.34. The van der Waals surface area contributed by atoms with E-state index in [4.69, 9.17) is 11.6 Å². The second-order valence-electron chi connectivity index (χ2n) is 7.68. The van der Waals surface area contributed by atoms with E-state index in [9.17, 15) is 9.65 Å². The average Bonchev–Trinajstić information content (AvgIpc) is 2.97. The SMILES string of the molecule is Cc1nc2c(C#N)cnn2c(NC(C)C(C)(C)C)c1-c1ccc(F)cc1Cl. The molecule has 3 rings (SSSR count). The molecule has 0 spiro atoms. The lowest BCUT2D eigenvalue weighted by atomic mass is 9.88. The van der Waals surface area contributed by atoms with Crippen LogP contribution in [0.2, 0.25) is 5.02 Å². The Hall–Kier alpha value is -2.65. The van der Waals surface area contributed by atoms with Crippen LogP contribution < -0.4 is 5.32 Å². The van der Waals surface area contributed by atoms with Crippen LogP contribution in [0, 0.1) is 29.5 Å². The monoisotopic (exact) mass is 385 g/mol. The number of nitrogens with zero attached hydrogens (tertiary/aromatic N) is 4. The number of hydrogen-bond donors (Lipinski definition) is 1. The predicted molar refractivity (Wildman–Crippen MR) is 105 cm³/mol. The van der Waals surface area contributed by atoms with E-state index < -0.39 is 5.82 Å². The van der Waals surface area contributed by atoms with Gasteiger partial charge in [0.2, 0.25) is 0 Å². The van der Waals surface area contributed by atoms with Gasteiger partial charge in [0.1, 0.15) is 23.3 Å². The minimum atomic E-state index is -0.404. The summed E-state index contributed by atoms with van der Waals surface area (Å²) < 4.78 is 15.2. The van der Waals surface area contributed by atoms with Gasteiger partial charge in [0.05, 0.1) is 16.9 Å². The molecular formula is C20H21ClFN5. The van der Waals surface area contributed by atoms with Gasteiger partial charge in [-0.25, -0.2) is 9.37 Å². The Balaban J connectivity index is 2.33. The van der Waals surface area contributed by atoms with Gasteiger partial charge in [0.15, 0.2) is 5.65 Å². The third kappa shape index (κ3) is 3.47. The zero-order valence-corrected chi connectivity index (χ0v) is 16.7. The van der Waals surface area contributed by atoms with Crippen LogP contribution in [0.1, 0.15) is 39.0 Å². The van der Waals surface area contributed by atoms with Gasteiger partial charge in [-0.2, -0.15) is 14.9 Å². The summed E-state index contributed by atoms with van der Waals surface area (Å²) in [5, 5.41) is 17.5. The van der Waals surface area contributed by atoms with E-state index in [1.807, 2.05) is 6.92 Å². The van der Waals surface area contributed by atoms with Gasteiger partial charge in [-0.1, -0.05) is 32.4 Å². The Morgan fingerprint density at radius 2 is 2.04 bits per heavy atom. The van der Waals surface area contributed by atoms with Gasteiger partial charge in [-0.05, 0) is 37.5 Å². The first-order valence-electron chi connectivity index (χ1n) is 8.64. The lowest BCUT2D eigenvalue weighted by Gasteiger charge is -2.30. The molecule has 140 valence electrons. The molecule has 1 N–H and O–H groups in total. The number of rotatable bonds is 3. The van der Waals surface area contributed by atoms with E-state index in [0.29, 0.717) is 33.3 Å². The van der Waals surface area contributed by atoms with E-state index >= 15 is 0 Å². The Morgan fingerprint density at radius 3 is 2.63 bits per heavy atom. The molecule has 0 fully saturated rings. The van der Waals surface area contributed by atoms with Crippen LogP contribution in [0.25, 0.3) is 16.8 Å². The van der Waals surface area contributed by atoms with Gasteiger partial charge in [-0.3, -0.25) is 0 Å². The van der Waals surface area contributed by atoms with Crippen molar-refractivity contribution in [2.45, 2.75) is 40.7 Å². The highest BCUT2D eigenvalue weighted by Crippen LogP contribution is 2.37. The first-order chi connectivity index (χ1) is 12.6. The minimum absolute atomic E-state index is 0.0292. The lowest BCUT2D eigenvalue weighted by Crippen LogP contribution is -2.32. The van der Waals surface area contributed by atoms with E-state index in [1.54, 1.807) is 10.6 Å². The molecule has 1 aromatic carbocycles. The van der Waals surface area contributed by atoms with Crippen LogP contribution >= 0.6 is 11.6 Å². The molecule has 0 aliphatic rings. The van der Waals surface area contributed by atoms with Gasteiger partial charge in [0, 0.05) is 17.2 Å². The maximum atomic E-state index is 13.6. The summed E-state index contributed by atoms with van der Waals surface area (Å²) in [6, 6.07) is 6.48. The number of nitrogens with one attached hydrogen (secondary N) is 1. The number of benzene rings is 1. The normalized spacial score (nSPS) is 12.8. The van der Waals surface area contributed by atoms with Crippen molar-refractivity contribution in [3.8, 4) is 17.2 Å². The van der Waals surface area contributed by atoms with Crippen LogP contribution in [0.5, 0.6) is 0 Å². The second kappa shape index (κ2) is 6.82. The van der Waals surface area contributed by atoms with Crippen molar-refractivity contribution >= 4 is 23.1 Å². The summed E-state index contributed by atoms with van der Waals surface area (Å²) in [6.45, 7) is 10.3. The molecule has 3 aromatic rings. The van der Waals surface area contributed by atoms with Crippen molar-refractivity contribution < 1.29 is 4.39 Å². The standard InChI is InChI=1S/C20H21ClFN5/c1-11-17(15-7-6-14(22)8-16(15)21)19(26-12(2)20(3,4)5)27-18(25-11)13(9-23)10-24-27/h6-8,10,12,26H,1-5H3. The maximum Gasteiger partial charge on any atom is 0.175 e. The number of aromatic nitrogens is 3. The summed E-state index contributed by atoms with van der Waals surface area (Å²) in [5.74, 6) is 0.272. The summed E-state index contributed by atoms with van der Waals surface area (Å²) in [6.07, 6.45) is 1.49. The lowest BCUT2D eigenvalue weighted by molar-refractivity contribution is 0.358. The van der Waals surface area contributed by atoms with Crippen LogP contribution in [-0.4, -0.2) is 20.6 Å². The highest BCUT2D eigenvalue weighted by atomic mass is 35.5. The average molecular weight is 386 g/mol. The van der Waals surface area contributed by atoms with E-state index in [-0.39, 0.29) is 11.5 Å². The van der Waals surface area contributed by atoms with Gasteiger partial charge in [0.25, 0.3) is 0 Å². The second-order valence-corrected chi connectivity index (χ2v) is 8.09. The zero-order chi connectivity index (χ0) is 19.9. The Labute approximate surface area is 162 Å². The smallest absolute Gasteiger partial charge is 0.175 e. The maximum absolute atomic E-state index is 13.6. The summed E-state index contributed by atoms with van der Waals surface area (Å²) in [4.78, 5) is 4.56. The zero-order valence-electron chi connectivity index (χ0n) is 15.9. The van der Waals surface area contributed by atoms with Crippen molar-refractivity contribution in [3.05, 3.63) is 46.5 Å². The fourth-order valence-corrected chi connectivity index (χ4v) is 3.02. The number of anilines is 1. The third-order valence-corrected chi connectivity index (χ3v) is 5.11. The highest BCUT2D eigenvalue weighted by Gasteiger charge is 2.25. The molecule has 2 heterocycles. The molecule has 0 saturated carbocycles. The van der Waals surface area contributed by atoms with Crippen molar-refractivity contribution in [2.24, 2.45) is 5.41 Å². The van der Waals surface area contributed by atoms with Gasteiger partial charge < -0.3 is 5.32 Å². The van der Waals surface area contributed by atoms with Crippen LogP contribution in [0.15, 0.2) is 24.4 Å². The third-order valence-electron chi connectivity index (χ3n) is 4.80. The molecule has 0 amide bonds. The number of nitriles is 1. The van der Waals surface area contributed by atoms with Crippen LogP contribution in [0.3, 0.4) is 0 Å². The summed E-state index contributed by atoms with van der Waals surface area (Å²) in [7, 11) is 0. The number of halogens is 2. The van der Waals surface area contributed by atoms with Crippen molar-refractivity contribution in [1.29, 1.82) is 5.26 Å². The predicted octanol–water partition coefficient (Wildman–Crippen LogP) is 5.22. The van der Waals surface area contributed by atoms with Gasteiger partial charge in [-0.15, -0.1) is 0 Å². The fraction of sp³-hybridized carbons (Fsp3) is 0.350. The fourth-order valence-electron chi connectivity index (χ4n) is 2.75. The molecule has 2 aromatic heterocycles. The molecule has 1 unspecified atom stereocenters. The molecular weight excluding hydrogens is 365 g/mol. The van der Waals surface area contributed by atoms with E-state index in [2.05, 4.69) is 49.2 Å². The number of hydrogen-bond acceptors (Lipinski definition) is 4. The molecule has 7 heteroatoms. The Bertz CT molecular complexity index is 1060. The van der Waals surface area contributed by atoms with E-state index in [1.165, 1.54) is 18.3 Å². The number of fused-ring (bicyclic) bond motifs is 1. The molecule has 0 aliphatic carbocycles. The van der Waals surface area contributed by atoms with Crippen LogP contribution in [-0.2, 0) is 0 Å². The number of aryl methyl sites for hydroxylation is 1. The minimum Gasteiger partial charge on any atom is -0.366 e. The van der Waals surface area contributed by atoms with Gasteiger partial charge >= 0.3 is 0 Å². The Kier molecular flexibility index (Phi) is 4.83. The summed E-state index contributed by atoms with van der Waals surface area (Å²) in [5.41, 5.74) is 2.90.